The number of benzene rings is 5. The predicted octanol–water partition coefficient (Wildman–Crippen LogP) is 7.84. The molecule has 3 N–H and O–H groups in total. The molecule has 0 aromatic heterocycles. The zero-order valence-electron chi connectivity index (χ0n) is 21.3. The Morgan fingerprint density at radius 2 is 1.19 bits per heavy atom. The lowest BCUT2D eigenvalue weighted by atomic mass is 10.2. The molecule has 5 aromatic rings. The molecule has 5 aromatic carbocycles. The van der Waals surface area contributed by atoms with Crippen LogP contribution in [0.4, 0.5) is 34.1 Å². The van der Waals surface area contributed by atoms with Crippen LogP contribution in [0, 0.1) is 0 Å². The Kier molecular flexibility index (Phi) is 6.28. The molecule has 0 atom stereocenters. The van der Waals surface area contributed by atoms with Crippen molar-refractivity contribution >= 4 is 67.4 Å². The zero-order valence-corrected chi connectivity index (χ0v) is 23.6. The van der Waals surface area contributed by atoms with Crippen LogP contribution in [0.1, 0.15) is 0 Å². The quantitative estimate of drug-likeness (QED) is 0.168. The normalized spacial score (nSPS) is 12.6. The van der Waals surface area contributed by atoms with E-state index in [2.05, 4.69) is 20.6 Å². The number of hydrogen-bond donors (Lipinski definition) is 3. The van der Waals surface area contributed by atoms with E-state index in [-0.39, 0.29) is 54.3 Å². The van der Waals surface area contributed by atoms with Crippen LogP contribution in [0.15, 0.2) is 106 Å². The van der Waals surface area contributed by atoms with Crippen LogP contribution < -0.4 is 30.8 Å². The Hall–Kier alpha value is -4.61. The third-order valence-electron chi connectivity index (χ3n) is 6.55. The molecule has 2 heterocycles. The molecule has 0 aliphatic carbocycles. The minimum absolute atomic E-state index is 0.0748. The van der Waals surface area contributed by atoms with Crippen LogP contribution in [0.5, 0.6) is 23.0 Å². The number of hydrogen-bond acceptors (Lipinski definition) is 8. The summed E-state index contributed by atoms with van der Waals surface area (Å²) in [5.74, 6) is 0.957. The molecule has 2 aliphatic heterocycles. The highest BCUT2D eigenvalue weighted by Crippen LogP contribution is 2.45. The number of nitrogens with one attached hydrogen (secondary N) is 2. The minimum atomic E-state index is -4.64. The van der Waals surface area contributed by atoms with Crippen LogP contribution in [-0.2, 0) is 10.1 Å². The van der Waals surface area contributed by atoms with Crippen molar-refractivity contribution in [3.05, 3.63) is 112 Å². The van der Waals surface area contributed by atoms with Crippen LogP contribution in [0.25, 0.3) is 0 Å². The maximum Gasteiger partial charge on any atom is 0.296 e. The van der Waals surface area contributed by atoms with Gasteiger partial charge >= 0.3 is 0 Å². The van der Waals surface area contributed by atoms with Gasteiger partial charge in [0.2, 0.25) is 0 Å². The molecule has 0 fully saturated rings. The van der Waals surface area contributed by atoms with Crippen molar-refractivity contribution in [3.8, 4) is 23.0 Å². The van der Waals surface area contributed by atoms with E-state index in [0.29, 0.717) is 17.1 Å². The molecule has 0 saturated heterocycles. The zero-order chi connectivity index (χ0) is 29.0. The lowest BCUT2D eigenvalue weighted by Crippen LogP contribution is -2.22. The smallest absolute Gasteiger partial charge is 0.296 e. The average molecular weight is 617 g/mol. The number of para-hydroxylation sites is 2. The first-order valence-corrected chi connectivity index (χ1v) is 14.7. The second-order valence-electron chi connectivity index (χ2n) is 9.37. The highest BCUT2D eigenvalue weighted by Gasteiger charge is 2.29. The fourth-order valence-electron chi connectivity index (χ4n) is 4.63. The lowest BCUT2D eigenvalue weighted by molar-refractivity contribution is 0.451. The SMILES string of the molecule is O=S(=O)(O)c1cc2c(cc1Nc1ccccc1)Oc1c(Cl)c3c(c(Cl)c1=N2)Oc1cc(Nc2ccccc2)ccc1N=3. The van der Waals surface area contributed by atoms with Gasteiger partial charge < -0.3 is 20.1 Å². The molecular formula is C30H18Cl2N4O5S. The standard InChI is InChI=1S/C30H18Cl2N4O5S/c31-25-27-29(40-22-13-18(11-12-19(22)35-27)33-16-7-3-1-4-8-16)26(32)28-30(25)41-23-14-21(34-17-9-5-2-6-10-17)24(42(37,38)39)15-20(23)36-28/h1-15,33-34H,(H,37,38,39). The Balaban J connectivity index is 1.32. The van der Waals surface area contributed by atoms with E-state index in [4.69, 9.17) is 32.7 Å². The van der Waals surface area contributed by atoms with Crippen molar-refractivity contribution in [2.24, 2.45) is 9.98 Å². The Bertz CT molecular complexity index is 2150. The number of nitrogens with zero attached hydrogens (tertiary/aromatic N) is 2. The molecule has 9 nitrogen and oxygen atoms in total. The second kappa shape index (κ2) is 10.0. The summed E-state index contributed by atoms with van der Waals surface area (Å²) in [6, 6.07) is 26.6. The Morgan fingerprint density at radius 1 is 0.643 bits per heavy atom. The van der Waals surface area contributed by atoms with Gasteiger partial charge in [-0.3, -0.25) is 4.55 Å². The van der Waals surface area contributed by atoms with Crippen molar-refractivity contribution in [1.82, 2.24) is 0 Å². The van der Waals surface area contributed by atoms with Crippen molar-refractivity contribution < 1.29 is 22.4 Å². The molecule has 7 rings (SSSR count). The molecule has 2 aliphatic rings. The topological polar surface area (TPSA) is 122 Å². The van der Waals surface area contributed by atoms with E-state index in [0.717, 1.165) is 11.4 Å². The van der Waals surface area contributed by atoms with Crippen LogP contribution in [0.3, 0.4) is 0 Å². The van der Waals surface area contributed by atoms with Crippen molar-refractivity contribution in [3.63, 3.8) is 0 Å². The van der Waals surface area contributed by atoms with E-state index < -0.39 is 10.1 Å². The van der Waals surface area contributed by atoms with E-state index in [1.54, 1.807) is 36.4 Å². The average Bonchev–Trinajstić information content (AvgIpc) is 2.98. The minimum Gasteiger partial charge on any atom is -0.451 e. The third kappa shape index (κ3) is 4.70. The van der Waals surface area contributed by atoms with E-state index in [1.807, 2.05) is 42.5 Å². The van der Waals surface area contributed by atoms with Crippen LogP contribution in [0.2, 0.25) is 10.0 Å². The summed E-state index contributed by atoms with van der Waals surface area (Å²) < 4.78 is 46.9. The van der Waals surface area contributed by atoms with Gasteiger partial charge in [0.25, 0.3) is 10.1 Å². The number of ether oxygens (including phenoxy) is 2. The number of anilines is 4. The van der Waals surface area contributed by atoms with E-state index in [1.165, 1.54) is 12.1 Å². The molecule has 208 valence electrons. The summed E-state index contributed by atoms with van der Waals surface area (Å²) in [6.07, 6.45) is 0. The van der Waals surface area contributed by atoms with Crippen LogP contribution in [-0.4, -0.2) is 13.0 Å². The molecule has 0 bridgehead atoms. The first-order valence-electron chi connectivity index (χ1n) is 12.5. The molecular weight excluding hydrogens is 599 g/mol. The van der Waals surface area contributed by atoms with Gasteiger partial charge in [-0.05, 0) is 42.5 Å². The molecule has 0 amide bonds. The summed E-state index contributed by atoms with van der Waals surface area (Å²) in [6.45, 7) is 0. The maximum absolute atomic E-state index is 12.3. The van der Waals surface area contributed by atoms with Gasteiger partial charge in [0.05, 0.1) is 5.69 Å². The first kappa shape index (κ1) is 26.3. The Morgan fingerprint density at radius 3 is 1.79 bits per heavy atom. The van der Waals surface area contributed by atoms with Gasteiger partial charge in [-0.25, -0.2) is 9.98 Å². The summed E-state index contributed by atoms with van der Waals surface area (Å²) in [5.41, 5.74) is 3.03. The summed E-state index contributed by atoms with van der Waals surface area (Å²) in [5, 5.41) is 6.90. The Labute approximate surface area is 249 Å². The maximum atomic E-state index is 12.3. The molecule has 12 heteroatoms. The van der Waals surface area contributed by atoms with Crippen molar-refractivity contribution in [2.45, 2.75) is 4.90 Å². The highest BCUT2D eigenvalue weighted by molar-refractivity contribution is 7.86. The number of halogens is 2. The van der Waals surface area contributed by atoms with E-state index in [9.17, 15) is 13.0 Å². The predicted molar refractivity (Wildman–Crippen MR) is 160 cm³/mol. The van der Waals surface area contributed by atoms with Gasteiger partial charge in [0, 0.05) is 29.2 Å². The molecule has 0 spiro atoms. The largest absolute Gasteiger partial charge is 0.451 e. The van der Waals surface area contributed by atoms with Crippen molar-refractivity contribution in [2.75, 3.05) is 10.6 Å². The van der Waals surface area contributed by atoms with Gasteiger partial charge in [0.15, 0.2) is 23.0 Å². The monoisotopic (exact) mass is 616 g/mol. The van der Waals surface area contributed by atoms with Gasteiger partial charge in [-0.15, -0.1) is 0 Å². The first-order chi connectivity index (χ1) is 20.2. The second-order valence-corrected chi connectivity index (χ2v) is 11.5. The lowest BCUT2D eigenvalue weighted by Gasteiger charge is -2.22. The van der Waals surface area contributed by atoms with Crippen molar-refractivity contribution in [1.29, 1.82) is 0 Å². The van der Waals surface area contributed by atoms with Crippen LogP contribution >= 0.6 is 23.2 Å². The summed E-state index contributed by atoms with van der Waals surface area (Å²) in [7, 11) is -4.64. The fraction of sp³-hybridized carbons (Fsp3) is 0. The summed E-state index contributed by atoms with van der Waals surface area (Å²) in [4.78, 5) is 8.85. The number of fused-ring (bicyclic) bond motifs is 4. The molecule has 0 saturated carbocycles. The molecule has 42 heavy (non-hydrogen) atoms. The highest BCUT2D eigenvalue weighted by atomic mass is 35.5. The summed E-state index contributed by atoms with van der Waals surface area (Å²) >= 11 is 13.6. The van der Waals surface area contributed by atoms with Gasteiger partial charge in [-0.2, -0.15) is 8.42 Å². The van der Waals surface area contributed by atoms with E-state index >= 15 is 0 Å². The molecule has 0 radical (unpaired) electrons. The van der Waals surface area contributed by atoms with Gasteiger partial charge in [-0.1, -0.05) is 59.6 Å². The number of rotatable bonds is 5. The van der Waals surface area contributed by atoms with Gasteiger partial charge in [0.1, 0.15) is 37.0 Å². The third-order valence-corrected chi connectivity index (χ3v) is 8.14. The fourth-order valence-corrected chi connectivity index (χ4v) is 5.79. The molecule has 0 unspecified atom stereocenters.